The maximum atomic E-state index is 13.0. The Hall–Kier alpha value is -2.66. The molecule has 0 radical (unpaired) electrons. The first kappa shape index (κ1) is 20.3. The first-order valence-electron chi connectivity index (χ1n) is 9.67. The van der Waals surface area contributed by atoms with E-state index in [2.05, 4.69) is 9.97 Å². The number of fused-ring (bicyclic) bond motifs is 1. The number of pyridine rings is 1. The van der Waals surface area contributed by atoms with E-state index in [1.807, 2.05) is 36.4 Å². The molecule has 0 saturated carbocycles. The average Bonchev–Trinajstić information content (AvgIpc) is 3.46. The third kappa shape index (κ3) is 3.87. The number of thiazole rings is 1. The Balaban J connectivity index is 1.28. The number of sulfonamides is 1. The maximum absolute atomic E-state index is 13.0. The molecule has 1 amide bonds. The Bertz CT molecular complexity index is 1310. The summed E-state index contributed by atoms with van der Waals surface area (Å²) in [5.74, 6) is -0.0733. The minimum absolute atomic E-state index is 0.0733. The van der Waals surface area contributed by atoms with Crippen molar-refractivity contribution in [2.45, 2.75) is 4.90 Å². The molecule has 158 valence electrons. The van der Waals surface area contributed by atoms with Gasteiger partial charge in [0.2, 0.25) is 10.0 Å². The van der Waals surface area contributed by atoms with Crippen LogP contribution in [0.1, 0.15) is 9.67 Å². The van der Waals surface area contributed by atoms with Crippen LogP contribution in [-0.2, 0) is 10.0 Å². The van der Waals surface area contributed by atoms with E-state index in [1.54, 1.807) is 28.5 Å². The van der Waals surface area contributed by atoms with Gasteiger partial charge in [0.25, 0.3) is 5.91 Å². The van der Waals surface area contributed by atoms with Gasteiger partial charge in [-0.15, -0.1) is 22.7 Å². The van der Waals surface area contributed by atoms with E-state index < -0.39 is 10.0 Å². The van der Waals surface area contributed by atoms with Gasteiger partial charge in [-0.05, 0) is 36.4 Å². The molecule has 4 heterocycles. The summed E-state index contributed by atoms with van der Waals surface area (Å²) < 4.78 is 28.0. The number of thiophene rings is 1. The second-order valence-electron chi connectivity index (χ2n) is 7.04. The van der Waals surface area contributed by atoms with Crippen molar-refractivity contribution in [3.05, 3.63) is 65.8 Å². The quantitative estimate of drug-likeness (QED) is 0.455. The molecule has 7 nitrogen and oxygen atoms in total. The summed E-state index contributed by atoms with van der Waals surface area (Å²) in [5, 5.41) is 0.901. The number of carbonyl (C=O) groups is 1. The number of carbonyl (C=O) groups excluding carboxylic acids is 1. The summed E-state index contributed by atoms with van der Waals surface area (Å²) in [6.45, 7) is 1.23. The zero-order valence-electron chi connectivity index (χ0n) is 16.3. The molecule has 1 aliphatic heterocycles. The van der Waals surface area contributed by atoms with Gasteiger partial charge in [-0.3, -0.25) is 9.78 Å². The average molecular weight is 471 g/mol. The van der Waals surface area contributed by atoms with E-state index in [0.29, 0.717) is 18.0 Å². The first-order chi connectivity index (χ1) is 15.0. The van der Waals surface area contributed by atoms with Gasteiger partial charge in [0.15, 0.2) is 0 Å². The molecule has 4 aromatic rings. The van der Waals surface area contributed by atoms with E-state index in [9.17, 15) is 13.2 Å². The molecule has 0 bridgehead atoms. The highest BCUT2D eigenvalue weighted by Crippen LogP contribution is 2.35. The van der Waals surface area contributed by atoms with Gasteiger partial charge in [0.1, 0.15) is 9.90 Å². The van der Waals surface area contributed by atoms with Gasteiger partial charge < -0.3 is 4.90 Å². The molecule has 0 N–H and O–H groups in total. The highest BCUT2D eigenvalue weighted by Gasteiger charge is 2.31. The lowest BCUT2D eigenvalue weighted by molar-refractivity contribution is 0.0703. The molecule has 0 aliphatic carbocycles. The van der Waals surface area contributed by atoms with Crippen LogP contribution < -0.4 is 0 Å². The van der Waals surface area contributed by atoms with Crippen LogP contribution in [0.2, 0.25) is 0 Å². The van der Waals surface area contributed by atoms with Gasteiger partial charge in [-0.2, -0.15) is 4.31 Å². The number of amides is 1. The molecule has 1 saturated heterocycles. The highest BCUT2D eigenvalue weighted by atomic mass is 32.2. The summed E-state index contributed by atoms with van der Waals surface area (Å²) in [6.07, 6.45) is 2.89. The van der Waals surface area contributed by atoms with Crippen molar-refractivity contribution in [3.63, 3.8) is 0 Å². The minimum Gasteiger partial charge on any atom is -0.335 e. The Morgan fingerprint density at radius 3 is 2.48 bits per heavy atom. The summed E-state index contributed by atoms with van der Waals surface area (Å²) in [4.78, 5) is 25.0. The number of piperazine rings is 1. The van der Waals surface area contributed by atoms with Gasteiger partial charge in [-0.25, -0.2) is 13.4 Å². The van der Waals surface area contributed by atoms with Crippen LogP contribution in [0.15, 0.2) is 65.8 Å². The predicted molar refractivity (Wildman–Crippen MR) is 122 cm³/mol. The van der Waals surface area contributed by atoms with Crippen LogP contribution in [0.3, 0.4) is 0 Å². The lowest BCUT2D eigenvalue weighted by atomic mass is 10.3. The van der Waals surface area contributed by atoms with E-state index in [0.717, 1.165) is 20.1 Å². The van der Waals surface area contributed by atoms with Crippen LogP contribution >= 0.6 is 22.7 Å². The van der Waals surface area contributed by atoms with Gasteiger partial charge in [0, 0.05) is 38.6 Å². The predicted octanol–water partition coefficient (Wildman–Crippen LogP) is 3.57. The SMILES string of the molecule is O=C(c1ccc(-c2nc3ccccc3s2)s1)N1CCN(S(=O)(=O)c2cccnc2)CC1. The third-order valence-corrected chi connectivity index (χ3v) is 9.28. The molecule has 0 unspecified atom stereocenters. The van der Waals surface area contributed by atoms with Crippen LogP contribution in [0, 0.1) is 0 Å². The molecule has 0 spiro atoms. The van der Waals surface area contributed by atoms with Crippen molar-refractivity contribution >= 4 is 48.8 Å². The second kappa shape index (κ2) is 8.12. The van der Waals surface area contributed by atoms with E-state index >= 15 is 0 Å². The van der Waals surface area contributed by atoms with E-state index in [1.165, 1.54) is 27.9 Å². The lowest BCUT2D eigenvalue weighted by Crippen LogP contribution is -2.50. The zero-order valence-corrected chi connectivity index (χ0v) is 18.8. The third-order valence-electron chi connectivity index (χ3n) is 5.12. The first-order valence-corrected chi connectivity index (χ1v) is 12.7. The van der Waals surface area contributed by atoms with Crippen molar-refractivity contribution in [1.82, 2.24) is 19.2 Å². The Kier molecular flexibility index (Phi) is 5.30. The number of aromatic nitrogens is 2. The summed E-state index contributed by atoms with van der Waals surface area (Å²) in [5.41, 5.74) is 0.953. The molecule has 3 aromatic heterocycles. The summed E-state index contributed by atoms with van der Waals surface area (Å²) in [6, 6.07) is 14.9. The molecule has 31 heavy (non-hydrogen) atoms. The number of rotatable bonds is 4. The molecule has 1 fully saturated rings. The minimum atomic E-state index is -3.59. The standard InChI is InChI=1S/C21H18N4O3S3/c26-21(19-8-7-18(29-19)20-23-16-5-1-2-6-17(16)30-20)24-10-12-25(13-11-24)31(27,28)15-4-3-9-22-14-15/h1-9,14H,10-13H2. The van der Waals surface area contributed by atoms with Gasteiger partial charge >= 0.3 is 0 Å². The lowest BCUT2D eigenvalue weighted by Gasteiger charge is -2.33. The molecule has 10 heteroatoms. The number of benzene rings is 1. The Morgan fingerprint density at radius 1 is 0.935 bits per heavy atom. The molecular formula is C21H18N4O3S3. The topological polar surface area (TPSA) is 83.5 Å². The smallest absolute Gasteiger partial charge is 0.264 e. The summed E-state index contributed by atoms with van der Waals surface area (Å²) in [7, 11) is -3.59. The van der Waals surface area contributed by atoms with Crippen molar-refractivity contribution in [2.24, 2.45) is 0 Å². The van der Waals surface area contributed by atoms with Crippen LogP contribution in [0.4, 0.5) is 0 Å². The van der Waals surface area contributed by atoms with Crippen LogP contribution in [0.25, 0.3) is 20.1 Å². The Labute approximate surface area is 187 Å². The fourth-order valence-corrected chi connectivity index (χ4v) is 6.86. The van der Waals surface area contributed by atoms with Crippen LogP contribution in [-0.4, -0.2) is 59.7 Å². The van der Waals surface area contributed by atoms with E-state index in [-0.39, 0.29) is 23.9 Å². The van der Waals surface area contributed by atoms with Crippen molar-refractivity contribution in [2.75, 3.05) is 26.2 Å². The largest absolute Gasteiger partial charge is 0.335 e. The van der Waals surface area contributed by atoms with E-state index in [4.69, 9.17) is 0 Å². The molecule has 0 atom stereocenters. The Morgan fingerprint density at radius 2 is 1.74 bits per heavy atom. The zero-order chi connectivity index (χ0) is 21.4. The fraction of sp³-hybridized carbons (Fsp3) is 0.190. The number of nitrogens with zero attached hydrogens (tertiary/aromatic N) is 4. The number of hydrogen-bond donors (Lipinski definition) is 0. The number of hydrogen-bond acceptors (Lipinski definition) is 7. The monoisotopic (exact) mass is 470 g/mol. The van der Waals surface area contributed by atoms with Crippen LogP contribution in [0.5, 0.6) is 0 Å². The van der Waals surface area contributed by atoms with Gasteiger partial charge in [0.05, 0.1) is 20.0 Å². The van der Waals surface area contributed by atoms with Crippen molar-refractivity contribution in [1.29, 1.82) is 0 Å². The molecular weight excluding hydrogens is 452 g/mol. The van der Waals surface area contributed by atoms with Crippen molar-refractivity contribution in [3.8, 4) is 9.88 Å². The number of para-hydroxylation sites is 1. The highest BCUT2D eigenvalue weighted by molar-refractivity contribution is 7.89. The van der Waals surface area contributed by atoms with Crippen molar-refractivity contribution < 1.29 is 13.2 Å². The molecule has 5 rings (SSSR count). The molecule has 1 aliphatic rings. The maximum Gasteiger partial charge on any atom is 0.264 e. The fourth-order valence-electron chi connectivity index (χ4n) is 3.48. The second-order valence-corrected chi connectivity index (χ2v) is 11.1. The summed E-state index contributed by atoms with van der Waals surface area (Å²) >= 11 is 3.03. The normalized spacial score (nSPS) is 15.4. The van der Waals surface area contributed by atoms with Gasteiger partial charge in [-0.1, -0.05) is 12.1 Å². The molecule has 1 aromatic carbocycles.